The minimum Gasteiger partial charge on any atom is -0.298 e. The Morgan fingerprint density at radius 2 is 2.00 bits per heavy atom. The van der Waals surface area contributed by atoms with Gasteiger partial charge in [-0.2, -0.15) is 10.1 Å². The van der Waals surface area contributed by atoms with E-state index in [1.165, 1.54) is 30.0 Å². The maximum absolute atomic E-state index is 13.0. The predicted octanol–water partition coefficient (Wildman–Crippen LogP) is 2.71. The Balaban J connectivity index is 1.78. The number of fused-ring (bicyclic) bond motifs is 1. The molecule has 2 heterocycles. The van der Waals surface area contributed by atoms with E-state index < -0.39 is 11.2 Å². The molecule has 152 valence electrons. The summed E-state index contributed by atoms with van der Waals surface area (Å²) in [5, 5.41) is 4.69. The van der Waals surface area contributed by atoms with Crippen molar-refractivity contribution in [2.45, 2.75) is 6.54 Å². The lowest BCUT2D eigenvalue weighted by molar-refractivity contribution is 0.628. The van der Waals surface area contributed by atoms with Crippen molar-refractivity contribution < 1.29 is 4.39 Å². The van der Waals surface area contributed by atoms with Crippen molar-refractivity contribution >= 4 is 34.9 Å². The molecule has 4 aromatic rings. The van der Waals surface area contributed by atoms with Gasteiger partial charge in [-0.15, -0.1) is 0 Å². The Kier molecular flexibility index (Phi) is 5.20. The number of nitrogens with zero attached hydrogens (tertiary/aromatic N) is 4. The van der Waals surface area contributed by atoms with Crippen LogP contribution in [0.5, 0.6) is 0 Å². The van der Waals surface area contributed by atoms with Crippen LogP contribution in [0.25, 0.3) is 11.2 Å². The largest absolute Gasteiger partial charge is 0.329 e. The Morgan fingerprint density at radius 1 is 1.23 bits per heavy atom. The van der Waals surface area contributed by atoms with Crippen LogP contribution in [0.3, 0.4) is 0 Å². The molecule has 4 rings (SSSR count). The standard InChI is InChI=1S/C20H16ClFN6O2/c1-27-17-16(18(29)25-20(27)30)28(11-13-3-2-4-14(21)9-13)19(24-17)26-23-10-12-5-7-15(22)8-6-12/h2-10H,11H2,1H3,(H,24,26)(H,25,29,30)/b23-10+. The van der Waals surface area contributed by atoms with E-state index in [2.05, 4.69) is 20.5 Å². The second-order valence-electron chi connectivity index (χ2n) is 6.56. The maximum atomic E-state index is 13.0. The molecule has 2 N–H and O–H groups in total. The third-order valence-corrected chi connectivity index (χ3v) is 4.72. The Morgan fingerprint density at radius 3 is 2.73 bits per heavy atom. The highest BCUT2D eigenvalue weighted by Gasteiger charge is 2.17. The summed E-state index contributed by atoms with van der Waals surface area (Å²) in [4.78, 5) is 31.1. The number of aromatic nitrogens is 4. The Hall–Kier alpha value is -3.72. The first kappa shape index (κ1) is 19.6. The highest BCUT2D eigenvalue weighted by atomic mass is 35.5. The van der Waals surface area contributed by atoms with Crippen LogP contribution in [0.4, 0.5) is 10.3 Å². The molecule has 0 saturated heterocycles. The minimum atomic E-state index is -0.568. The first-order valence-electron chi connectivity index (χ1n) is 8.91. The molecular formula is C20H16ClFN6O2. The van der Waals surface area contributed by atoms with E-state index in [4.69, 9.17) is 11.6 Å². The maximum Gasteiger partial charge on any atom is 0.329 e. The number of aryl methyl sites for hydroxylation is 1. The highest BCUT2D eigenvalue weighted by molar-refractivity contribution is 6.30. The second kappa shape index (κ2) is 7.96. The SMILES string of the molecule is Cn1c(=O)[nH]c(=O)c2c1nc(N/N=C/c1ccc(F)cc1)n2Cc1cccc(Cl)c1. The molecule has 0 aliphatic heterocycles. The van der Waals surface area contributed by atoms with Crippen molar-refractivity contribution in [3.63, 3.8) is 0 Å². The fourth-order valence-corrected chi connectivity index (χ4v) is 3.22. The van der Waals surface area contributed by atoms with Gasteiger partial charge in [-0.1, -0.05) is 35.9 Å². The molecule has 2 aromatic heterocycles. The van der Waals surface area contributed by atoms with Crippen LogP contribution in [0, 0.1) is 5.82 Å². The number of nitrogens with one attached hydrogen (secondary N) is 2. The third kappa shape index (κ3) is 3.87. The van der Waals surface area contributed by atoms with Gasteiger partial charge in [0.1, 0.15) is 5.82 Å². The van der Waals surface area contributed by atoms with Crippen LogP contribution in [-0.2, 0) is 13.6 Å². The number of H-pyrrole nitrogens is 1. The molecule has 0 atom stereocenters. The van der Waals surface area contributed by atoms with Crippen LogP contribution in [0.1, 0.15) is 11.1 Å². The van der Waals surface area contributed by atoms with E-state index >= 15 is 0 Å². The minimum absolute atomic E-state index is 0.213. The van der Waals surface area contributed by atoms with Gasteiger partial charge in [-0.25, -0.2) is 14.6 Å². The first-order chi connectivity index (χ1) is 14.4. The zero-order chi connectivity index (χ0) is 21.3. The molecule has 0 spiro atoms. The van der Waals surface area contributed by atoms with Crippen molar-refractivity contribution in [2.75, 3.05) is 5.43 Å². The summed E-state index contributed by atoms with van der Waals surface area (Å²) in [6, 6.07) is 13.0. The number of hydrogen-bond donors (Lipinski definition) is 2. The lowest BCUT2D eigenvalue weighted by atomic mass is 10.2. The van der Waals surface area contributed by atoms with Crippen molar-refractivity contribution in [2.24, 2.45) is 12.1 Å². The molecule has 0 saturated carbocycles. The fourth-order valence-electron chi connectivity index (χ4n) is 3.01. The van der Waals surface area contributed by atoms with Crippen LogP contribution < -0.4 is 16.7 Å². The van der Waals surface area contributed by atoms with Gasteiger partial charge >= 0.3 is 5.69 Å². The Labute approximate surface area is 174 Å². The van der Waals surface area contributed by atoms with Gasteiger partial charge in [0.25, 0.3) is 5.56 Å². The van der Waals surface area contributed by atoms with Crippen LogP contribution >= 0.6 is 11.6 Å². The average molecular weight is 427 g/mol. The van der Waals surface area contributed by atoms with Gasteiger partial charge in [0, 0.05) is 12.1 Å². The predicted molar refractivity (Wildman–Crippen MR) is 114 cm³/mol. The molecule has 0 unspecified atom stereocenters. The number of aromatic amines is 1. The van der Waals surface area contributed by atoms with E-state index in [1.54, 1.807) is 34.9 Å². The van der Waals surface area contributed by atoms with E-state index in [9.17, 15) is 14.0 Å². The number of hydrazone groups is 1. The molecule has 0 fully saturated rings. The normalized spacial score (nSPS) is 11.4. The summed E-state index contributed by atoms with van der Waals surface area (Å²) in [5.41, 5.74) is 3.61. The molecule has 8 nitrogen and oxygen atoms in total. The van der Waals surface area contributed by atoms with Crippen molar-refractivity contribution in [1.82, 2.24) is 19.1 Å². The van der Waals surface area contributed by atoms with Gasteiger partial charge in [0.2, 0.25) is 5.95 Å². The van der Waals surface area contributed by atoms with Gasteiger partial charge in [-0.05, 0) is 35.4 Å². The quantitative estimate of drug-likeness (QED) is 0.379. The average Bonchev–Trinajstić information content (AvgIpc) is 3.07. The van der Waals surface area contributed by atoms with E-state index in [0.717, 1.165) is 5.56 Å². The molecule has 0 aliphatic carbocycles. The molecule has 30 heavy (non-hydrogen) atoms. The molecule has 0 radical (unpaired) electrons. The van der Waals surface area contributed by atoms with E-state index in [1.807, 2.05) is 6.07 Å². The zero-order valence-corrected chi connectivity index (χ0v) is 16.5. The lowest BCUT2D eigenvalue weighted by Crippen LogP contribution is -2.29. The van der Waals surface area contributed by atoms with Crippen molar-refractivity contribution in [3.8, 4) is 0 Å². The van der Waals surface area contributed by atoms with Gasteiger partial charge < -0.3 is 0 Å². The second-order valence-corrected chi connectivity index (χ2v) is 7.00. The van der Waals surface area contributed by atoms with Crippen LogP contribution in [0.2, 0.25) is 5.02 Å². The smallest absolute Gasteiger partial charge is 0.298 e. The number of benzene rings is 2. The zero-order valence-electron chi connectivity index (χ0n) is 15.8. The van der Waals surface area contributed by atoms with Gasteiger partial charge in [0.15, 0.2) is 11.2 Å². The summed E-state index contributed by atoms with van der Waals surface area (Å²) < 4.78 is 15.9. The van der Waals surface area contributed by atoms with Gasteiger partial charge in [-0.3, -0.25) is 18.9 Å². The highest BCUT2D eigenvalue weighted by Crippen LogP contribution is 2.19. The van der Waals surface area contributed by atoms with Crippen LogP contribution in [0.15, 0.2) is 63.2 Å². The lowest BCUT2D eigenvalue weighted by Gasteiger charge is -2.08. The number of imidazole rings is 1. The number of anilines is 1. The van der Waals surface area contributed by atoms with E-state index in [-0.39, 0.29) is 29.5 Å². The topological polar surface area (TPSA) is 97.1 Å². The molecule has 0 aliphatic rings. The number of halogens is 2. The van der Waals surface area contributed by atoms with Crippen molar-refractivity contribution in [3.05, 3.63) is 91.3 Å². The Bertz CT molecular complexity index is 1370. The molecule has 0 amide bonds. The fraction of sp³-hybridized carbons (Fsp3) is 0.100. The molecule has 0 bridgehead atoms. The summed E-state index contributed by atoms with van der Waals surface area (Å²) in [6.07, 6.45) is 1.49. The monoisotopic (exact) mass is 426 g/mol. The number of rotatable bonds is 5. The van der Waals surface area contributed by atoms with Crippen molar-refractivity contribution in [1.29, 1.82) is 0 Å². The summed E-state index contributed by atoms with van der Waals surface area (Å²) >= 11 is 6.08. The number of hydrogen-bond acceptors (Lipinski definition) is 5. The molecule has 10 heteroatoms. The molecular weight excluding hydrogens is 411 g/mol. The summed E-state index contributed by atoms with van der Waals surface area (Å²) in [6.45, 7) is 0.271. The summed E-state index contributed by atoms with van der Waals surface area (Å²) in [7, 11) is 1.52. The third-order valence-electron chi connectivity index (χ3n) is 4.48. The first-order valence-corrected chi connectivity index (χ1v) is 9.29. The van der Waals surface area contributed by atoms with Crippen LogP contribution in [-0.4, -0.2) is 25.3 Å². The van der Waals surface area contributed by atoms with Gasteiger partial charge in [0.05, 0.1) is 12.8 Å². The van der Waals surface area contributed by atoms with E-state index in [0.29, 0.717) is 10.6 Å². The summed E-state index contributed by atoms with van der Waals surface area (Å²) in [5.74, 6) is -0.0846. The molecule has 2 aromatic carbocycles.